The monoisotopic (exact) mass is 167 g/mol. The molecule has 1 aliphatic carbocycles. The Hall–Kier alpha value is -0.0400. The highest BCUT2D eigenvalue weighted by Gasteiger charge is 2.45. The lowest BCUT2D eigenvalue weighted by molar-refractivity contribution is -0.0226. The molecule has 1 saturated heterocycles. The molecule has 1 unspecified atom stereocenters. The molecule has 1 spiro atoms. The molecule has 2 rings (SSSR count). The Morgan fingerprint density at radius 3 is 2.33 bits per heavy atom. The van der Waals surface area contributed by atoms with Crippen LogP contribution in [0, 0.1) is 5.41 Å². The van der Waals surface area contributed by atoms with Gasteiger partial charge in [0.05, 0.1) is 0 Å². The van der Waals surface area contributed by atoms with Crippen molar-refractivity contribution in [2.24, 2.45) is 5.41 Å². The predicted molar refractivity (Wildman–Crippen MR) is 52.2 cm³/mol. The summed E-state index contributed by atoms with van der Waals surface area (Å²) in [6.45, 7) is 7.47. The maximum atomic E-state index is 2.66. The van der Waals surface area contributed by atoms with Crippen LogP contribution in [0.2, 0.25) is 0 Å². The molecule has 0 amide bonds. The zero-order valence-electron chi connectivity index (χ0n) is 8.47. The van der Waals surface area contributed by atoms with Crippen molar-refractivity contribution in [2.45, 2.75) is 52.0 Å². The van der Waals surface area contributed by atoms with E-state index in [0.29, 0.717) is 0 Å². The first kappa shape index (κ1) is 8.55. The fourth-order valence-electron chi connectivity index (χ4n) is 2.83. The van der Waals surface area contributed by atoms with Gasteiger partial charge in [0.25, 0.3) is 0 Å². The zero-order valence-corrected chi connectivity index (χ0v) is 8.47. The zero-order chi connectivity index (χ0) is 8.60. The molecule has 70 valence electrons. The molecule has 1 saturated carbocycles. The van der Waals surface area contributed by atoms with Gasteiger partial charge in [-0.05, 0) is 31.6 Å². The summed E-state index contributed by atoms with van der Waals surface area (Å²) >= 11 is 0. The average Bonchev–Trinajstić information content (AvgIpc) is 2.48. The van der Waals surface area contributed by atoms with E-state index in [9.17, 15) is 0 Å². The maximum Gasteiger partial charge on any atom is 0.00647 e. The van der Waals surface area contributed by atoms with Crippen molar-refractivity contribution in [1.82, 2.24) is 4.90 Å². The Kier molecular flexibility index (Phi) is 2.16. The van der Waals surface area contributed by atoms with E-state index in [1.165, 1.54) is 45.2 Å². The molecule has 1 heteroatoms. The van der Waals surface area contributed by atoms with Crippen LogP contribution in [0.3, 0.4) is 0 Å². The van der Waals surface area contributed by atoms with Gasteiger partial charge < -0.3 is 0 Å². The summed E-state index contributed by atoms with van der Waals surface area (Å²) in [6, 6.07) is 0.830. The molecule has 0 aromatic carbocycles. The average molecular weight is 167 g/mol. The molecule has 2 fully saturated rings. The molecule has 12 heavy (non-hydrogen) atoms. The molecule has 0 N–H and O–H groups in total. The van der Waals surface area contributed by atoms with Crippen molar-refractivity contribution < 1.29 is 0 Å². The molecular formula is C11H21N. The van der Waals surface area contributed by atoms with Crippen LogP contribution in [0.1, 0.15) is 46.0 Å². The third-order valence-electron chi connectivity index (χ3n) is 3.96. The second kappa shape index (κ2) is 3.02. The SMILES string of the molecule is CCC(C)N1CC2(CCCC2)C1. The molecule has 1 heterocycles. The molecule has 1 aliphatic heterocycles. The minimum atomic E-state index is 0.795. The molecular weight excluding hydrogens is 146 g/mol. The molecule has 0 bridgehead atoms. The summed E-state index contributed by atoms with van der Waals surface area (Å²) in [7, 11) is 0. The van der Waals surface area contributed by atoms with Crippen LogP contribution in [-0.4, -0.2) is 24.0 Å². The van der Waals surface area contributed by atoms with E-state index in [4.69, 9.17) is 0 Å². The topological polar surface area (TPSA) is 3.24 Å². The smallest absolute Gasteiger partial charge is 0.00647 e. The van der Waals surface area contributed by atoms with Crippen LogP contribution in [0.25, 0.3) is 0 Å². The number of nitrogens with zero attached hydrogens (tertiary/aromatic N) is 1. The Labute approximate surface area is 76.1 Å². The van der Waals surface area contributed by atoms with E-state index in [1.54, 1.807) is 0 Å². The Bertz CT molecular complexity index is 150. The van der Waals surface area contributed by atoms with Gasteiger partial charge in [-0.2, -0.15) is 0 Å². The highest BCUT2D eigenvalue weighted by Crippen LogP contribution is 2.46. The lowest BCUT2D eigenvalue weighted by Crippen LogP contribution is -2.57. The second-order valence-corrected chi connectivity index (χ2v) is 4.87. The van der Waals surface area contributed by atoms with E-state index < -0.39 is 0 Å². The molecule has 0 radical (unpaired) electrons. The minimum Gasteiger partial charge on any atom is -0.299 e. The number of likely N-dealkylation sites (tertiary alicyclic amines) is 1. The highest BCUT2D eigenvalue weighted by atomic mass is 15.2. The first-order valence-electron chi connectivity index (χ1n) is 5.50. The largest absolute Gasteiger partial charge is 0.299 e. The summed E-state index contributed by atoms with van der Waals surface area (Å²) in [5.41, 5.74) is 0.795. The van der Waals surface area contributed by atoms with E-state index >= 15 is 0 Å². The van der Waals surface area contributed by atoms with Crippen LogP contribution in [0.15, 0.2) is 0 Å². The predicted octanol–water partition coefficient (Wildman–Crippen LogP) is 2.66. The Balaban J connectivity index is 1.82. The van der Waals surface area contributed by atoms with Crippen LogP contribution in [-0.2, 0) is 0 Å². The lowest BCUT2D eigenvalue weighted by atomic mass is 9.77. The third kappa shape index (κ3) is 1.28. The minimum absolute atomic E-state index is 0.795. The summed E-state index contributed by atoms with van der Waals surface area (Å²) in [4.78, 5) is 2.66. The van der Waals surface area contributed by atoms with Gasteiger partial charge in [0.1, 0.15) is 0 Å². The van der Waals surface area contributed by atoms with Gasteiger partial charge in [-0.3, -0.25) is 4.90 Å². The van der Waals surface area contributed by atoms with E-state index in [1.807, 2.05) is 0 Å². The maximum absolute atomic E-state index is 2.66. The van der Waals surface area contributed by atoms with Crippen LogP contribution in [0.4, 0.5) is 0 Å². The summed E-state index contributed by atoms with van der Waals surface area (Å²) in [6.07, 6.45) is 7.33. The fourth-order valence-corrected chi connectivity index (χ4v) is 2.83. The van der Waals surface area contributed by atoms with Crippen LogP contribution < -0.4 is 0 Å². The van der Waals surface area contributed by atoms with Crippen LogP contribution >= 0.6 is 0 Å². The third-order valence-corrected chi connectivity index (χ3v) is 3.96. The van der Waals surface area contributed by atoms with E-state index in [-0.39, 0.29) is 0 Å². The van der Waals surface area contributed by atoms with Gasteiger partial charge in [0, 0.05) is 19.1 Å². The van der Waals surface area contributed by atoms with Crippen molar-refractivity contribution in [3.8, 4) is 0 Å². The van der Waals surface area contributed by atoms with Gasteiger partial charge in [0.2, 0.25) is 0 Å². The van der Waals surface area contributed by atoms with E-state index in [2.05, 4.69) is 18.7 Å². The Morgan fingerprint density at radius 2 is 1.83 bits per heavy atom. The van der Waals surface area contributed by atoms with Crippen LogP contribution in [0.5, 0.6) is 0 Å². The van der Waals surface area contributed by atoms with Crippen molar-refractivity contribution in [1.29, 1.82) is 0 Å². The van der Waals surface area contributed by atoms with Gasteiger partial charge >= 0.3 is 0 Å². The fraction of sp³-hybridized carbons (Fsp3) is 1.00. The first-order valence-corrected chi connectivity index (χ1v) is 5.50. The highest BCUT2D eigenvalue weighted by molar-refractivity contribution is 4.99. The Morgan fingerprint density at radius 1 is 1.25 bits per heavy atom. The van der Waals surface area contributed by atoms with Gasteiger partial charge in [0.15, 0.2) is 0 Å². The molecule has 2 aliphatic rings. The van der Waals surface area contributed by atoms with Crippen molar-refractivity contribution in [3.05, 3.63) is 0 Å². The summed E-state index contributed by atoms with van der Waals surface area (Å²) in [5.74, 6) is 0. The molecule has 0 aromatic rings. The molecule has 0 aromatic heterocycles. The number of hydrogen-bond donors (Lipinski definition) is 0. The quantitative estimate of drug-likeness (QED) is 0.611. The van der Waals surface area contributed by atoms with Crippen molar-refractivity contribution in [2.75, 3.05) is 13.1 Å². The van der Waals surface area contributed by atoms with Gasteiger partial charge in [-0.25, -0.2) is 0 Å². The number of hydrogen-bond acceptors (Lipinski definition) is 1. The lowest BCUT2D eigenvalue weighted by Gasteiger charge is -2.51. The second-order valence-electron chi connectivity index (χ2n) is 4.87. The van der Waals surface area contributed by atoms with Crippen molar-refractivity contribution >= 4 is 0 Å². The van der Waals surface area contributed by atoms with Gasteiger partial charge in [-0.1, -0.05) is 19.8 Å². The van der Waals surface area contributed by atoms with Gasteiger partial charge in [-0.15, -0.1) is 0 Å². The van der Waals surface area contributed by atoms with Crippen molar-refractivity contribution in [3.63, 3.8) is 0 Å². The molecule has 1 nitrogen and oxygen atoms in total. The number of rotatable bonds is 2. The normalized spacial score (nSPS) is 30.5. The van der Waals surface area contributed by atoms with E-state index in [0.717, 1.165) is 11.5 Å². The molecule has 1 atom stereocenters. The summed E-state index contributed by atoms with van der Waals surface area (Å²) in [5, 5.41) is 0. The summed E-state index contributed by atoms with van der Waals surface area (Å²) < 4.78 is 0. The first-order chi connectivity index (χ1) is 5.76. The standard InChI is InChI=1S/C11H21N/c1-3-10(2)12-8-11(9-12)6-4-5-7-11/h10H,3-9H2,1-2H3.